The van der Waals surface area contributed by atoms with Crippen molar-refractivity contribution in [1.29, 1.82) is 0 Å². The normalized spacial score (nSPS) is 9.84. The molecule has 0 aliphatic carbocycles. The van der Waals surface area contributed by atoms with Crippen LogP contribution in [0.2, 0.25) is 0 Å². The van der Waals surface area contributed by atoms with Gasteiger partial charge in [0.2, 0.25) is 0 Å². The maximum absolute atomic E-state index is 11.6. The molecule has 0 aromatic heterocycles. The summed E-state index contributed by atoms with van der Waals surface area (Å²) in [6.45, 7) is 1.38. The third-order valence-corrected chi connectivity index (χ3v) is 2.68. The zero-order valence-corrected chi connectivity index (χ0v) is 12.0. The van der Waals surface area contributed by atoms with Gasteiger partial charge in [-0.2, -0.15) is 0 Å². The molecule has 0 saturated heterocycles. The first-order valence-electron chi connectivity index (χ1n) is 5.60. The molecule has 1 aromatic carbocycles. The number of benzene rings is 1. The van der Waals surface area contributed by atoms with Crippen LogP contribution in [0.15, 0.2) is 22.7 Å². The lowest BCUT2D eigenvalue weighted by atomic mass is 10.2. The number of carbonyl (C=O) groups excluding carboxylic acids is 2. The molecule has 0 radical (unpaired) electrons. The maximum atomic E-state index is 11.6. The predicted octanol–water partition coefficient (Wildman–Crippen LogP) is 1.41. The van der Waals surface area contributed by atoms with Crippen LogP contribution < -0.4 is 10.6 Å². The van der Waals surface area contributed by atoms with Gasteiger partial charge >= 0.3 is 6.09 Å². The van der Waals surface area contributed by atoms with Gasteiger partial charge in [-0.25, -0.2) is 4.79 Å². The summed E-state index contributed by atoms with van der Waals surface area (Å²) in [6.07, 6.45) is -0.741. The average molecular weight is 331 g/mol. The van der Waals surface area contributed by atoms with E-state index in [2.05, 4.69) is 31.3 Å². The summed E-state index contributed by atoms with van der Waals surface area (Å²) in [5.74, 6) is -0.430. The fourth-order valence-electron chi connectivity index (χ4n) is 1.26. The topological polar surface area (TPSA) is 87.7 Å². The van der Waals surface area contributed by atoms with Crippen molar-refractivity contribution in [2.45, 2.75) is 6.92 Å². The molecule has 0 fully saturated rings. The van der Waals surface area contributed by atoms with Gasteiger partial charge < -0.3 is 20.5 Å². The van der Waals surface area contributed by atoms with Crippen molar-refractivity contribution in [1.82, 2.24) is 5.32 Å². The largest absolute Gasteiger partial charge is 0.439 e. The Morgan fingerprint density at radius 1 is 1.42 bits per heavy atom. The lowest BCUT2D eigenvalue weighted by molar-refractivity contribution is -0.118. The zero-order chi connectivity index (χ0) is 14.3. The fourth-order valence-corrected chi connectivity index (χ4v) is 1.62. The lowest BCUT2D eigenvalue weighted by Gasteiger charge is -2.09. The van der Waals surface area contributed by atoms with E-state index >= 15 is 0 Å². The number of amides is 2. The van der Waals surface area contributed by atoms with Gasteiger partial charge in [-0.3, -0.25) is 4.79 Å². The minimum atomic E-state index is -0.741. The quantitative estimate of drug-likeness (QED) is 0.761. The molecule has 0 atom stereocenters. The molecule has 3 N–H and O–H groups in total. The second kappa shape index (κ2) is 7.75. The number of ether oxygens (including phenoxy) is 1. The van der Waals surface area contributed by atoms with Gasteiger partial charge in [0.25, 0.3) is 5.91 Å². The molecule has 0 aliphatic heterocycles. The summed E-state index contributed by atoms with van der Waals surface area (Å²) in [7, 11) is 0. The molecule has 0 spiro atoms. The summed E-state index contributed by atoms with van der Waals surface area (Å²) >= 11 is 3.31. The van der Waals surface area contributed by atoms with Crippen molar-refractivity contribution in [2.24, 2.45) is 0 Å². The first-order chi connectivity index (χ1) is 9.02. The highest BCUT2D eigenvalue weighted by atomic mass is 79.9. The fraction of sp³-hybridized carbons (Fsp3) is 0.333. The van der Waals surface area contributed by atoms with E-state index < -0.39 is 12.0 Å². The summed E-state index contributed by atoms with van der Waals surface area (Å²) in [5.41, 5.74) is 1.56. The molecule has 7 heteroatoms. The Morgan fingerprint density at radius 3 is 2.84 bits per heavy atom. The Kier molecular flexibility index (Phi) is 6.31. The summed E-state index contributed by atoms with van der Waals surface area (Å²) < 4.78 is 5.51. The van der Waals surface area contributed by atoms with Crippen LogP contribution >= 0.6 is 15.9 Å². The Labute approximate surface area is 119 Å². The Hall–Kier alpha value is -1.60. The van der Waals surface area contributed by atoms with E-state index in [9.17, 15) is 9.59 Å². The molecule has 0 heterocycles. The monoisotopic (exact) mass is 330 g/mol. The maximum Gasteiger partial charge on any atom is 0.407 e. The molecule has 19 heavy (non-hydrogen) atoms. The highest BCUT2D eigenvalue weighted by Gasteiger charge is 2.08. The number of rotatable bonds is 5. The SMILES string of the molecule is Cc1ccc(Br)cc1NC(=O)COC(=O)NCCO. The highest BCUT2D eigenvalue weighted by molar-refractivity contribution is 9.10. The molecule has 2 amide bonds. The standard InChI is InChI=1S/C12H15BrN2O4/c1-8-2-3-9(13)6-10(8)15-11(17)7-19-12(18)14-4-5-16/h2-3,6,16H,4-5,7H2,1H3,(H,14,18)(H,15,17). The first-order valence-corrected chi connectivity index (χ1v) is 6.39. The number of hydrogen-bond acceptors (Lipinski definition) is 4. The van der Waals surface area contributed by atoms with Crippen LogP contribution in [0.5, 0.6) is 0 Å². The number of aliphatic hydroxyl groups is 1. The molecule has 0 bridgehead atoms. The second-order valence-electron chi connectivity index (χ2n) is 3.73. The molecule has 0 aliphatic rings. The van der Waals surface area contributed by atoms with Crippen LogP contribution in [-0.2, 0) is 9.53 Å². The number of aliphatic hydroxyl groups excluding tert-OH is 1. The third kappa shape index (κ3) is 5.71. The summed E-state index contributed by atoms with van der Waals surface area (Å²) in [4.78, 5) is 22.6. The average Bonchev–Trinajstić information content (AvgIpc) is 2.38. The van der Waals surface area contributed by atoms with Gasteiger partial charge in [0.05, 0.1) is 6.61 Å². The van der Waals surface area contributed by atoms with E-state index in [0.717, 1.165) is 10.0 Å². The Bertz CT molecular complexity index is 465. The van der Waals surface area contributed by atoms with Crippen molar-refractivity contribution < 1.29 is 19.4 Å². The van der Waals surface area contributed by atoms with Gasteiger partial charge in [0.15, 0.2) is 6.61 Å². The number of aryl methyl sites for hydroxylation is 1. The van der Waals surface area contributed by atoms with E-state index in [1.165, 1.54) is 0 Å². The minimum Gasteiger partial charge on any atom is -0.439 e. The molecule has 1 rings (SSSR count). The molecule has 0 saturated carbocycles. The van der Waals surface area contributed by atoms with Crippen LogP contribution in [0.25, 0.3) is 0 Å². The van der Waals surface area contributed by atoms with Gasteiger partial charge in [-0.05, 0) is 24.6 Å². The molecule has 6 nitrogen and oxygen atoms in total. The number of nitrogens with one attached hydrogen (secondary N) is 2. The number of anilines is 1. The minimum absolute atomic E-state index is 0.0885. The van der Waals surface area contributed by atoms with Gasteiger partial charge in [-0.15, -0.1) is 0 Å². The van der Waals surface area contributed by atoms with Gasteiger partial charge in [0, 0.05) is 16.7 Å². The summed E-state index contributed by atoms with van der Waals surface area (Å²) in [6, 6.07) is 5.48. The third-order valence-electron chi connectivity index (χ3n) is 2.19. The van der Waals surface area contributed by atoms with E-state index in [0.29, 0.717) is 5.69 Å². The van der Waals surface area contributed by atoms with E-state index in [1.807, 2.05) is 19.1 Å². The zero-order valence-electron chi connectivity index (χ0n) is 10.4. The van der Waals surface area contributed by atoms with E-state index in [1.54, 1.807) is 6.07 Å². The molecular formula is C12H15BrN2O4. The van der Waals surface area contributed by atoms with Crippen LogP contribution in [0.3, 0.4) is 0 Å². The number of carbonyl (C=O) groups is 2. The molecule has 104 valence electrons. The van der Waals surface area contributed by atoms with Crippen molar-refractivity contribution in [2.75, 3.05) is 25.1 Å². The van der Waals surface area contributed by atoms with Crippen LogP contribution in [0.4, 0.5) is 10.5 Å². The Balaban J connectivity index is 2.43. The molecular weight excluding hydrogens is 316 g/mol. The van der Waals surface area contributed by atoms with Gasteiger partial charge in [-0.1, -0.05) is 22.0 Å². The summed E-state index contributed by atoms with van der Waals surface area (Å²) in [5, 5.41) is 13.4. The number of alkyl carbamates (subject to hydrolysis) is 1. The van der Waals surface area contributed by atoms with Crippen molar-refractivity contribution in [3.05, 3.63) is 28.2 Å². The first kappa shape index (κ1) is 15.5. The smallest absolute Gasteiger partial charge is 0.407 e. The van der Waals surface area contributed by atoms with Crippen molar-refractivity contribution in [3.8, 4) is 0 Å². The van der Waals surface area contributed by atoms with Gasteiger partial charge in [0.1, 0.15) is 0 Å². The van der Waals surface area contributed by atoms with E-state index in [4.69, 9.17) is 5.11 Å². The highest BCUT2D eigenvalue weighted by Crippen LogP contribution is 2.20. The van der Waals surface area contributed by atoms with Crippen molar-refractivity contribution in [3.63, 3.8) is 0 Å². The van der Waals surface area contributed by atoms with Crippen molar-refractivity contribution >= 4 is 33.6 Å². The number of halogens is 1. The Morgan fingerprint density at radius 2 is 2.16 bits per heavy atom. The van der Waals surface area contributed by atoms with Crippen LogP contribution in [0.1, 0.15) is 5.56 Å². The number of hydrogen-bond donors (Lipinski definition) is 3. The predicted molar refractivity (Wildman–Crippen MR) is 73.9 cm³/mol. The van der Waals surface area contributed by atoms with Crippen LogP contribution in [0, 0.1) is 6.92 Å². The van der Waals surface area contributed by atoms with Crippen LogP contribution in [-0.4, -0.2) is 36.9 Å². The van der Waals surface area contributed by atoms with E-state index in [-0.39, 0.29) is 19.8 Å². The second-order valence-corrected chi connectivity index (χ2v) is 4.65. The molecule has 0 unspecified atom stereocenters. The molecule has 1 aromatic rings. The lowest BCUT2D eigenvalue weighted by Crippen LogP contribution is -2.30.